The minimum absolute atomic E-state index is 0.146. The van der Waals surface area contributed by atoms with Gasteiger partial charge in [0, 0.05) is 6.54 Å². The Balaban J connectivity index is 2.67. The van der Waals surface area contributed by atoms with E-state index in [9.17, 15) is 0 Å². The Bertz CT molecular complexity index is 398. The molecule has 0 spiro atoms. The molecular weight excluding hydrogens is 327 g/mol. The zero-order valence-corrected chi connectivity index (χ0v) is 14.0. The number of rotatable bonds is 7. The van der Waals surface area contributed by atoms with E-state index in [0.717, 1.165) is 13.0 Å². The third-order valence-corrected chi connectivity index (χ3v) is 3.42. The van der Waals surface area contributed by atoms with Crippen LogP contribution in [0.2, 0.25) is 0 Å². The molecule has 0 aliphatic rings. The van der Waals surface area contributed by atoms with E-state index in [1.165, 1.54) is 31.0 Å². The van der Waals surface area contributed by atoms with Crippen LogP contribution in [0.5, 0.6) is 0 Å². The van der Waals surface area contributed by atoms with Crippen molar-refractivity contribution < 1.29 is 0 Å². The number of hydrogen-bond acceptors (Lipinski definition) is 5. The lowest BCUT2D eigenvalue weighted by atomic mass is 10.2. The molecule has 0 aliphatic carbocycles. The molecule has 0 saturated carbocycles. The van der Waals surface area contributed by atoms with Gasteiger partial charge in [0.1, 0.15) is 0 Å². The van der Waals surface area contributed by atoms with Crippen molar-refractivity contribution in [2.45, 2.75) is 41.6 Å². The van der Waals surface area contributed by atoms with Crippen LogP contribution in [0.4, 0.5) is 5.95 Å². The fourth-order valence-corrected chi connectivity index (χ4v) is 2.01. The predicted octanol–water partition coefficient (Wildman–Crippen LogP) is 4.41. The Morgan fingerprint density at radius 3 is 2.42 bits per heavy atom. The van der Waals surface area contributed by atoms with E-state index < -0.39 is 3.79 Å². The number of nitrogens with zero attached hydrogens (tertiary/aromatic N) is 3. The first-order chi connectivity index (χ1) is 8.97. The number of hydrogen-bond donors (Lipinski definition) is 1. The molecule has 0 saturated heterocycles. The van der Waals surface area contributed by atoms with Gasteiger partial charge in [-0.1, -0.05) is 72.8 Å². The molecule has 0 aromatic carbocycles. The number of nitrogens with one attached hydrogen (secondary N) is 1. The molecule has 1 rings (SSSR count). The van der Waals surface area contributed by atoms with Crippen LogP contribution >= 0.6 is 46.6 Å². The zero-order valence-electron chi connectivity index (χ0n) is 10.9. The van der Waals surface area contributed by atoms with Crippen molar-refractivity contribution in [3.63, 3.8) is 0 Å². The minimum Gasteiger partial charge on any atom is -0.354 e. The van der Waals surface area contributed by atoms with Crippen LogP contribution in [-0.4, -0.2) is 27.8 Å². The van der Waals surface area contributed by atoms with Crippen molar-refractivity contribution in [1.82, 2.24) is 15.0 Å². The summed E-state index contributed by atoms with van der Waals surface area (Å²) in [6, 6.07) is 0. The smallest absolute Gasteiger partial charge is 0.250 e. The Kier molecular flexibility index (Phi) is 7.50. The SMILES string of the molecule is CCCCCCNc1nc(SC)nc(C(Cl)(Cl)Cl)n1. The van der Waals surface area contributed by atoms with Crippen LogP contribution < -0.4 is 5.32 Å². The first kappa shape index (κ1) is 17.1. The largest absolute Gasteiger partial charge is 0.354 e. The summed E-state index contributed by atoms with van der Waals surface area (Å²) in [6.45, 7) is 2.98. The van der Waals surface area contributed by atoms with E-state index >= 15 is 0 Å². The lowest BCUT2D eigenvalue weighted by molar-refractivity contribution is 0.681. The number of anilines is 1. The van der Waals surface area contributed by atoms with Crippen LogP contribution in [-0.2, 0) is 3.79 Å². The second kappa shape index (κ2) is 8.35. The Morgan fingerprint density at radius 1 is 1.11 bits per heavy atom. The van der Waals surface area contributed by atoms with Crippen molar-refractivity contribution in [2.24, 2.45) is 0 Å². The summed E-state index contributed by atoms with van der Waals surface area (Å²) in [7, 11) is 0. The quantitative estimate of drug-likeness (QED) is 0.451. The van der Waals surface area contributed by atoms with Crippen LogP contribution in [0, 0.1) is 0 Å². The summed E-state index contributed by atoms with van der Waals surface area (Å²) < 4.78 is -1.63. The highest BCUT2D eigenvalue weighted by molar-refractivity contribution is 7.98. The van der Waals surface area contributed by atoms with Crippen LogP contribution in [0.3, 0.4) is 0 Å². The summed E-state index contributed by atoms with van der Waals surface area (Å²) in [5, 5.41) is 3.67. The van der Waals surface area contributed by atoms with Crippen molar-refractivity contribution >= 4 is 52.5 Å². The van der Waals surface area contributed by atoms with E-state index in [1.54, 1.807) is 0 Å². The number of thioether (sulfide) groups is 1. The predicted molar refractivity (Wildman–Crippen MR) is 83.5 cm³/mol. The molecular formula is C11H17Cl3N4S. The van der Waals surface area contributed by atoms with E-state index in [1.807, 2.05) is 6.26 Å². The molecule has 0 unspecified atom stereocenters. The van der Waals surface area contributed by atoms with E-state index in [0.29, 0.717) is 11.1 Å². The molecule has 0 aliphatic heterocycles. The molecule has 0 atom stereocenters. The third-order valence-electron chi connectivity index (χ3n) is 2.36. The second-order valence-electron chi connectivity index (χ2n) is 3.95. The normalized spacial score (nSPS) is 11.6. The highest BCUT2D eigenvalue weighted by Crippen LogP contribution is 2.36. The maximum atomic E-state index is 5.80. The fourth-order valence-electron chi connectivity index (χ4n) is 1.41. The lowest BCUT2D eigenvalue weighted by Crippen LogP contribution is -2.13. The molecule has 0 bridgehead atoms. The molecule has 1 aromatic heterocycles. The zero-order chi connectivity index (χ0) is 14.3. The third kappa shape index (κ3) is 6.34. The maximum absolute atomic E-state index is 5.80. The first-order valence-electron chi connectivity index (χ1n) is 6.08. The van der Waals surface area contributed by atoms with Crippen molar-refractivity contribution in [3.05, 3.63) is 5.82 Å². The van der Waals surface area contributed by atoms with Crippen LogP contribution in [0.25, 0.3) is 0 Å². The number of halogens is 3. The van der Waals surface area contributed by atoms with Crippen LogP contribution in [0.1, 0.15) is 38.4 Å². The number of alkyl halides is 3. The Hall–Kier alpha value is 0.0300. The Morgan fingerprint density at radius 2 is 1.84 bits per heavy atom. The Labute approximate surface area is 133 Å². The van der Waals surface area contributed by atoms with Crippen molar-refractivity contribution in [1.29, 1.82) is 0 Å². The van der Waals surface area contributed by atoms with Gasteiger partial charge in [0.2, 0.25) is 9.74 Å². The van der Waals surface area contributed by atoms with Crippen LogP contribution in [0.15, 0.2) is 5.16 Å². The van der Waals surface area contributed by atoms with Gasteiger partial charge < -0.3 is 5.32 Å². The molecule has 0 fully saturated rings. The van der Waals surface area contributed by atoms with Gasteiger partial charge in [-0.05, 0) is 12.7 Å². The standard InChI is InChI=1S/C11H17Cl3N4S/c1-3-4-5-6-7-15-9-16-8(11(12,13)14)17-10(18-9)19-2/h3-7H2,1-2H3,(H,15,16,17,18). The molecule has 19 heavy (non-hydrogen) atoms. The molecule has 4 nitrogen and oxygen atoms in total. The highest BCUT2D eigenvalue weighted by atomic mass is 35.6. The van der Waals surface area contributed by atoms with E-state index in [-0.39, 0.29) is 5.82 Å². The topological polar surface area (TPSA) is 50.7 Å². The van der Waals surface area contributed by atoms with Gasteiger partial charge in [-0.25, -0.2) is 4.98 Å². The lowest BCUT2D eigenvalue weighted by Gasteiger charge is -2.12. The van der Waals surface area contributed by atoms with Gasteiger partial charge in [-0.15, -0.1) is 0 Å². The molecule has 108 valence electrons. The van der Waals surface area contributed by atoms with Crippen molar-refractivity contribution in [3.8, 4) is 0 Å². The van der Waals surface area contributed by atoms with Gasteiger partial charge >= 0.3 is 0 Å². The maximum Gasteiger partial charge on any atom is 0.250 e. The van der Waals surface area contributed by atoms with Gasteiger partial charge in [-0.2, -0.15) is 9.97 Å². The molecule has 1 N–H and O–H groups in total. The summed E-state index contributed by atoms with van der Waals surface area (Å²) in [5.41, 5.74) is 0. The summed E-state index contributed by atoms with van der Waals surface area (Å²) in [5.74, 6) is 0.602. The summed E-state index contributed by atoms with van der Waals surface area (Å²) in [4.78, 5) is 12.5. The highest BCUT2D eigenvalue weighted by Gasteiger charge is 2.28. The van der Waals surface area contributed by atoms with E-state index in [2.05, 4.69) is 27.2 Å². The van der Waals surface area contributed by atoms with Gasteiger partial charge in [0.25, 0.3) is 0 Å². The van der Waals surface area contributed by atoms with Gasteiger partial charge in [0.15, 0.2) is 11.0 Å². The van der Waals surface area contributed by atoms with Crippen molar-refractivity contribution in [2.75, 3.05) is 18.1 Å². The molecule has 1 heterocycles. The molecule has 8 heteroatoms. The molecule has 1 aromatic rings. The fraction of sp³-hybridized carbons (Fsp3) is 0.727. The monoisotopic (exact) mass is 342 g/mol. The summed E-state index contributed by atoms with van der Waals surface area (Å²) >= 11 is 18.8. The minimum atomic E-state index is -1.63. The van der Waals surface area contributed by atoms with Gasteiger partial charge in [-0.3, -0.25) is 0 Å². The average molecular weight is 344 g/mol. The van der Waals surface area contributed by atoms with Gasteiger partial charge in [0.05, 0.1) is 0 Å². The second-order valence-corrected chi connectivity index (χ2v) is 7.01. The number of unbranched alkanes of at least 4 members (excludes halogenated alkanes) is 3. The molecule has 0 radical (unpaired) electrons. The average Bonchev–Trinajstić information content (AvgIpc) is 2.37. The first-order valence-corrected chi connectivity index (χ1v) is 8.44. The molecule has 0 amide bonds. The number of aromatic nitrogens is 3. The van der Waals surface area contributed by atoms with E-state index in [4.69, 9.17) is 34.8 Å². The summed E-state index contributed by atoms with van der Waals surface area (Å²) in [6.07, 6.45) is 6.55.